The van der Waals surface area contributed by atoms with Crippen LogP contribution >= 0.6 is 0 Å². The normalized spacial score (nSPS) is 9.94. The molecule has 0 atom stereocenters. The van der Waals surface area contributed by atoms with Gasteiger partial charge in [0.25, 0.3) is 0 Å². The number of hydrogen-bond donors (Lipinski definition) is 0. The summed E-state index contributed by atoms with van der Waals surface area (Å²) in [4.78, 5) is 14.1. The van der Waals surface area contributed by atoms with Gasteiger partial charge in [0.05, 0.1) is 0 Å². The Hall–Kier alpha value is -0.713. The molecule has 0 aliphatic heterocycles. The molecule has 0 radical (unpaired) electrons. The van der Waals surface area contributed by atoms with Crippen molar-refractivity contribution in [3.63, 3.8) is 0 Å². The Morgan fingerprint density at radius 3 is 2.41 bits per heavy atom. The molecular weight excluding hydrogens is 205 g/mol. The van der Waals surface area contributed by atoms with Gasteiger partial charge in [0.2, 0.25) is 5.91 Å². The van der Waals surface area contributed by atoms with Crippen molar-refractivity contribution >= 4 is 5.91 Å². The van der Waals surface area contributed by atoms with E-state index >= 15 is 0 Å². The topological polar surface area (TPSA) is 20.3 Å². The first-order valence-electron chi connectivity index (χ1n) is 5.91. The third-order valence-corrected chi connectivity index (χ3v) is 2.80. The first-order valence-corrected chi connectivity index (χ1v) is 5.91. The third-order valence-electron chi connectivity index (χ3n) is 2.80. The molecule has 0 saturated carbocycles. The van der Waals surface area contributed by atoms with Crippen LogP contribution < -0.4 is 18.9 Å². The maximum atomic E-state index is 12.2. The second kappa shape index (κ2) is 7.58. The van der Waals surface area contributed by atoms with Gasteiger partial charge >= 0.3 is 18.9 Å². The van der Waals surface area contributed by atoms with Crippen molar-refractivity contribution in [1.29, 1.82) is 0 Å². The van der Waals surface area contributed by atoms with Crippen LogP contribution in [-0.4, -0.2) is 23.9 Å². The van der Waals surface area contributed by atoms with Crippen LogP contribution in [0.15, 0.2) is 18.2 Å². The molecule has 3 heteroatoms. The molecule has 88 valence electrons. The summed E-state index contributed by atoms with van der Waals surface area (Å²) in [6.07, 6.45) is 0. The molecule has 2 nitrogen and oxygen atoms in total. The van der Waals surface area contributed by atoms with E-state index in [4.69, 9.17) is 0 Å². The van der Waals surface area contributed by atoms with Crippen LogP contribution in [0, 0.1) is 6.07 Å². The fraction of sp³-hybridized carbons (Fsp3) is 0.500. The molecule has 0 unspecified atom stereocenters. The van der Waals surface area contributed by atoms with Crippen LogP contribution in [-0.2, 0) is 0 Å². The van der Waals surface area contributed by atoms with Gasteiger partial charge in [0.1, 0.15) is 0 Å². The van der Waals surface area contributed by atoms with Crippen LogP contribution in [0.25, 0.3) is 0 Å². The van der Waals surface area contributed by atoms with E-state index < -0.39 is 0 Å². The number of benzene rings is 1. The van der Waals surface area contributed by atoms with Gasteiger partial charge in [-0.2, -0.15) is 24.3 Å². The summed E-state index contributed by atoms with van der Waals surface area (Å²) in [5.74, 6) is 0.481. The number of carbonyl (C=O) groups is 1. The number of rotatable bonds is 4. The summed E-state index contributed by atoms with van der Waals surface area (Å²) >= 11 is 0. The van der Waals surface area contributed by atoms with Gasteiger partial charge in [-0.3, -0.25) is 4.79 Å². The molecule has 0 aromatic heterocycles. The summed E-state index contributed by atoms with van der Waals surface area (Å²) in [6.45, 7) is 9.72. The Bertz CT molecular complexity index is 359. The summed E-state index contributed by atoms with van der Waals surface area (Å²) in [5.41, 5.74) is 1.90. The minimum atomic E-state index is 0. The van der Waals surface area contributed by atoms with Crippen LogP contribution in [0.2, 0.25) is 0 Å². The van der Waals surface area contributed by atoms with Crippen LogP contribution in [0.1, 0.15) is 49.5 Å². The van der Waals surface area contributed by atoms with Crippen LogP contribution in [0.5, 0.6) is 0 Å². The summed E-state index contributed by atoms with van der Waals surface area (Å²) in [5, 5.41) is 0. The Balaban J connectivity index is 0.00000256. The fourth-order valence-corrected chi connectivity index (χ4v) is 1.80. The summed E-state index contributed by atoms with van der Waals surface area (Å²) in [6, 6.07) is 8.64. The smallest absolute Gasteiger partial charge is 0.341 e. The molecule has 0 aliphatic carbocycles. The second-order valence-electron chi connectivity index (χ2n) is 4.15. The van der Waals surface area contributed by atoms with E-state index in [1.165, 1.54) is 0 Å². The van der Waals surface area contributed by atoms with Crippen LogP contribution in [0.4, 0.5) is 0 Å². The molecule has 0 fully saturated rings. The Morgan fingerprint density at radius 2 is 1.94 bits per heavy atom. The van der Waals surface area contributed by atoms with Gasteiger partial charge in [-0.05, 0) is 13.8 Å². The number of amides is 1. The average Bonchev–Trinajstić information content (AvgIpc) is 2.30. The molecule has 1 aromatic carbocycles. The number of nitrogens with zero attached hydrogens (tertiary/aromatic N) is 1. The first kappa shape index (κ1) is 16.3. The largest absolute Gasteiger partial charge is 1.00 e. The van der Waals surface area contributed by atoms with Gasteiger partial charge in [0.15, 0.2) is 0 Å². The molecule has 0 bridgehead atoms. The van der Waals surface area contributed by atoms with Crippen molar-refractivity contribution in [3.05, 3.63) is 35.4 Å². The maximum Gasteiger partial charge on any atom is 1.00 e. The van der Waals surface area contributed by atoms with E-state index in [9.17, 15) is 4.79 Å². The molecule has 0 spiro atoms. The molecule has 1 rings (SSSR count). The van der Waals surface area contributed by atoms with E-state index in [1.54, 1.807) is 0 Å². The third kappa shape index (κ3) is 3.91. The van der Waals surface area contributed by atoms with Crippen molar-refractivity contribution in [3.8, 4) is 0 Å². The van der Waals surface area contributed by atoms with E-state index in [0.717, 1.165) is 24.2 Å². The minimum absolute atomic E-state index is 0. The van der Waals surface area contributed by atoms with Crippen molar-refractivity contribution in [2.24, 2.45) is 0 Å². The van der Waals surface area contributed by atoms with Crippen molar-refractivity contribution in [1.82, 2.24) is 4.90 Å². The zero-order valence-electron chi connectivity index (χ0n) is 11.6. The Kier molecular flexibility index (Phi) is 7.26. The molecule has 0 aliphatic rings. The van der Waals surface area contributed by atoms with E-state index in [0.29, 0.717) is 5.92 Å². The quantitative estimate of drug-likeness (QED) is 0.525. The molecule has 0 saturated heterocycles. The standard InChI is InChI=1S/C14H20NO.Li/c1-5-15(6-2)14(16)13-10-8-7-9-12(13)11(3)4;/h8-11H,5-6H2,1-4H3;/q-1;+1. The monoisotopic (exact) mass is 225 g/mol. The fourth-order valence-electron chi connectivity index (χ4n) is 1.80. The first-order chi connectivity index (χ1) is 7.61. The number of hydrogen-bond acceptors (Lipinski definition) is 1. The summed E-state index contributed by atoms with van der Waals surface area (Å²) in [7, 11) is 0. The maximum absolute atomic E-state index is 12.2. The van der Waals surface area contributed by atoms with Gasteiger partial charge < -0.3 is 4.90 Å². The summed E-state index contributed by atoms with van der Waals surface area (Å²) < 4.78 is 0. The Labute approximate surface area is 117 Å². The zero-order valence-corrected chi connectivity index (χ0v) is 11.6. The molecule has 17 heavy (non-hydrogen) atoms. The van der Waals surface area contributed by atoms with E-state index in [-0.39, 0.29) is 24.8 Å². The Morgan fingerprint density at radius 1 is 1.35 bits per heavy atom. The zero-order chi connectivity index (χ0) is 12.1. The van der Waals surface area contributed by atoms with E-state index in [2.05, 4.69) is 19.9 Å². The molecule has 0 heterocycles. The van der Waals surface area contributed by atoms with Crippen molar-refractivity contribution < 1.29 is 23.7 Å². The van der Waals surface area contributed by atoms with Gasteiger partial charge in [-0.15, -0.1) is 5.56 Å². The van der Waals surface area contributed by atoms with Crippen molar-refractivity contribution in [2.45, 2.75) is 33.6 Å². The molecule has 0 N–H and O–H groups in total. The second-order valence-corrected chi connectivity index (χ2v) is 4.15. The molecular formula is C14H20LiNO. The average molecular weight is 225 g/mol. The number of carbonyl (C=O) groups excluding carboxylic acids is 1. The van der Waals surface area contributed by atoms with Crippen molar-refractivity contribution in [2.75, 3.05) is 13.1 Å². The predicted molar refractivity (Wildman–Crippen MR) is 66.6 cm³/mol. The predicted octanol–water partition coefficient (Wildman–Crippen LogP) is 0.0962. The minimum Gasteiger partial charge on any atom is -0.341 e. The van der Waals surface area contributed by atoms with Gasteiger partial charge in [-0.25, -0.2) is 0 Å². The van der Waals surface area contributed by atoms with Crippen LogP contribution in [0.3, 0.4) is 0 Å². The van der Waals surface area contributed by atoms with Gasteiger partial charge in [-0.1, -0.05) is 25.3 Å². The SMILES string of the molecule is CCN(CC)C(=O)c1cc[c-]cc1C(C)C.[Li+]. The molecule has 1 amide bonds. The van der Waals surface area contributed by atoms with E-state index in [1.807, 2.05) is 36.9 Å². The van der Waals surface area contributed by atoms with Gasteiger partial charge in [0, 0.05) is 13.1 Å². The molecule has 1 aromatic rings.